The van der Waals surface area contributed by atoms with Crippen molar-refractivity contribution in [3.8, 4) is 5.75 Å². The lowest BCUT2D eigenvalue weighted by atomic mass is 9.82. The summed E-state index contributed by atoms with van der Waals surface area (Å²) in [6.45, 7) is 3.61. The molecule has 0 aliphatic heterocycles. The van der Waals surface area contributed by atoms with Crippen LogP contribution in [0.3, 0.4) is 0 Å². The van der Waals surface area contributed by atoms with Crippen molar-refractivity contribution in [3.05, 3.63) is 29.6 Å². The van der Waals surface area contributed by atoms with E-state index < -0.39 is 17.3 Å². The molecule has 0 aliphatic rings. The first-order chi connectivity index (χ1) is 7.42. The van der Waals surface area contributed by atoms with Gasteiger partial charge in [0.25, 0.3) is 0 Å². The number of methoxy groups -OCH3 is 1. The van der Waals surface area contributed by atoms with E-state index in [1.165, 1.54) is 19.2 Å². The van der Waals surface area contributed by atoms with Gasteiger partial charge in [-0.15, -0.1) is 0 Å². The van der Waals surface area contributed by atoms with Gasteiger partial charge in [0.15, 0.2) is 11.6 Å². The average Bonchev–Trinajstić information content (AvgIpc) is 2.27. The zero-order valence-corrected chi connectivity index (χ0v) is 9.83. The summed E-state index contributed by atoms with van der Waals surface area (Å²) in [5, 5.41) is 9.20. The second-order valence-electron chi connectivity index (χ2n) is 4.52. The van der Waals surface area contributed by atoms with Crippen LogP contribution in [0.25, 0.3) is 0 Å². The maximum absolute atomic E-state index is 13.5. The molecule has 3 nitrogen and oxygen atoms in total. The number of nitrogens with two attached hydrogens (primary N) is 1. The lowest BCUT2D eigenvalue weighted by Gasteiger charge is -2.29. The Balaban J connectivity index is 3.02. The molecule has 1 rings (SSSR count). The second-order valence-corrected chi connectivity index (χ2v) is 4.52. The van der Waals surface area contributed by atoms with Crippen LogP contribution in [0.1, 0.15) is 25.5 Å². The van der Waals surface area contributed by atoms with Gasteiger partial charge >= 0.3 is 0 Å². The van der Waals surface area contributed by atoms with E-state index in [-0.39, 0.29) is 12.4 Å². The average molecular weight is 227 g/mol. The van der Waals surface area contributed by atoms with Gasteiger partial charge in [-0.05, 0) is 17.7 Å². The zero-order valence-electron chi connectivity index (χ0n) is 9.83. The van der Waals surface area contributed by atoms with Gasteiger partial charge in [0.05, 0.1) is 7.11 Å². The second kappa shape index (κ2) is 4.80. The fourth-order valence-electron chi connectivity index (χ4n) is 1.43. The van der Waals surface area contributed by atoms with E-state index in [0.717, 1.165) is 0 Å². The lowest BCUT2D eigenvalue weighted by Crippen LogP contribution is -2.32. The van der Waals surface area contributed by atoms with Crippen molar-refractivity contribution in [2.45, 2.75) is 19.9 Å². The first-order valence-corrected chi connectivity index (χ1v) is 5.12. The summed E-state index contributed by atoms with van der Waals surface area (Å²) in [7, 11) is 1.41. The quantitative estimate of drug-likeness (QED) is 0.825. The molecule has 1 aromatic carbocycles. The van der Waals surface area contributed by atoms with Gasteiger partial charge in [-0.1, -0.05) is 19.9 Å². The van der Waals surface area contributed by atoms with E-state index >= 15 is 0 Å². The van der Waals surface area contributed by atoms with Gasteiger partial charge < -0.3 is 15.6 Å². The molecule has 4 heteroatoms. The molecule has 1 aromatic rings. The number of ether oxygens (including phenoxy) is 1. The van der Waals surface area contributed by atoms with E-state index in [2.05, 4.69) is 0 Å². The van der Waals surface area contributed by atoms with Crippen molar-refractivity contribution in [1.82, 2.24) is 0 Å². The van der Waals surface area contributed by atoms with Crippen LogP contribution in [0.5, 0.6) is 5.75 Å². The van der Waals surface area contributed by atoms with Crippen molar-refractivity contribution in [2.75, 3.05) is 13.7 Å². The Hall–Kier alpha value is -1.13. The number of aliphatic hydroxyl groups excluding tert-OH is 1. The number of hydrogen-bond acceptors (Lipinski definition) is 3. The lowest BCUT2D eigenvalue weighted by molar-refractivity contribution is 0.132. The molecular formula is C12H18FNO2. The van der Waals surface area contributed by atoms with Crippen molar-refractivity contribution in [2.24, 2.45) is 11.1 Å². The molecule has 0 spiro atoms. The fraction of sp³-hybridized carbons (Fsp3) is 0.500. The van der Waals surface area contributed by atoms with E-state index in [0.29, 0.717) is 5.56 Å². The highest BCUT2D eigenvalue weighted by Crippen LogP contribution is 2.32. The number of rotatable bonds is 4. The minimum Gasteiger partial charge on any atom is -0.494 e. The molecule has 0 saturated carbocycles. The minimum absolute atomic E-state index is 0.0538. The summed E-state index contributed by atoms with van der Waals surface area (Å²) in [6, 6.07) is 4.18. The first-order valence-electron chi connectivity index (χ1n) is 5.12. The molecule has 0 heterocycles. The summed E-state index contributed by atoms with van der Waals surface area (Å²) < 4.78 is 18.3. The van der Waals surface area contributed by atoms with Gasteiger partial charge in [0, 0.05) is 18.1 Å². The highest BCUT2D eigenvalue weighted by molar-refractivity contribution is 5.31. The van der Waals surface area contributed by atoms with Crippen LogP contribution in [0.4, 0.5) is 4.39 Å². The Kier molecular flexibility index (Phi) is 3.88. The summed E-state index contributed by atoms with van der Waals surface area (Å²) in [4.78, 5) is 0. The molecule has 0 radical (unpaired) electrons. The Bertz CT molecular complexity index is 366. The highest BCUT2D eigenvalue weighted by Gasteiger charge is 2.27. The summed E-state index contributed by atoms with van der Waals surface area (Å²) >= 11 is 0. The van der Waals surface area contributed by atoms with E-state index in [1.807, 2.05) is 13.8 Å². The number of halogens is 1. The molecule has 0 bridgehead atoms. The van der Waals surface area contributed by atoms with Crippen LogP contribution in [-0.4, -0.2) is 18.8 Å². The fourth-order valence-corrected chi connectivity index (χ4v) is 1.43. The molecule has 90 valence electrons. The van der Waals surface area contributed by atoms with E-state index in [9.17, 15) is 9.50 Å². The smallest absolute Gasteiger partial charge is 0.165 e. The zero-order chi connectivity index (χ0) is 12.3. The van der Waals surface area contributed by atoms with Crippen LogP contribution in [-0.2, 0) is 0 Å². The van der Waals surface area contributed by atoms with E-state index in [1.54, 1.807) is 6.07 Å². The minimum atomic E-state index is -0.485. The summed E-state index contributed by atoms with van der Waals surface area (Å²) in [5.41, 5.74) is 6.14. The molecule has 0 aliphatic carbocycles. The van der Waals surface area contributed by atoms with Crippen molar-refractivity contribution in [3.63, 3.8) is 0 Å². The summed E-state index contributed by atoms with van der Waals surface area (Å²) in [5.74, 6) is -0.248. The van der Waals surface area contributed by atoms with Gasteiger partial charge in [0.1, 0.15) is 0 Å². The van der Waals surface area contributed by atoms with Crippen LogP contribution in [0.2, 0.25) is 0 Å². The molecule has 0 fully saturated rings. The van der Waals surface area contributed by atoms with Crippen molar-refractivity contribution >= 4 is 0 Å². The third-order valence-electron chi connectivity index (χ3n) is 2.78. The predicted octanol–water partition coefficient (Wildman–Crippen LogP) is 1.85. The molecule has 16 heavy (non-hydrogen) atoms. The van der Waals surface area contributed by atoms with Gasteiger partial charge in [-0.3, -0.25) is 0 Å². The SMILES string of the molecule is COc1ccc([C@H](N)C(C)(C)CO)cc1F. The van der Waals surface area contributed by atoms with Crippen LogP contribution in [0, 0.1) is 11.2 Å². The van der Waals surface area contributed by atoms with Gasteiger partial charge in [-0.25, -0.2) is 4.39 Å². The van der Waals surface area contributed by atoms with Crippen LogP contribution < -0.4 is 10.5 Å². The largest absolute Gasteiger partial charge is 0.494 e. The predicted molar refractivity (Wildman–Crippen MR) is 60.7 cm³/mol. The third kappa shape index (κ3) is 2.51. The Labute approximate surface area is 95.0 Å². The number of benzene rings is 1. The maximum Gasteiger partial charge on any atom is 0.165 e. The van der Waals surface area contributed by atoms with Gasteiger partial charge in [0.2, 0.25) is 0 Å². The van der Waals surface area contributed by atoms with Gasteiger partial charge in [-0.2, -0.15) is 0 Å². The van der Waals surface area contributed by atoms with Crippen LogP contribution in [0.15, 0.2) is 18.2 Å². The topological polar surface area (TPSA) is 55.5 Å². The van der Waals surface area contributed by atoms with E-state index in [4.69, 9.17) is 10.5 Å². The molecule has 1 atom stereocenters. The monoisotopic (exact) mass is 227 g/mol. The Morgan fingerprint density at radius 3 is 2.56 bits per heavy atom. The maximum atomic E-state index is 13.5. The van der Waals surface area contributed by atoms with Crippen LogP contribution >= 0.6 is 0 Å². The molecule has 0 amide bonds. The molecule has 0 saturated heterocycles. The first kappa shape index (κ1) is 12.9. The standard InChI is InChI=1S/C12H18FNO2/c1-12(2,7-15)11(14)8-4-5-10(16-3)9(13)6-8/h4-6,11,15H,7,14H2,1-3H3/t11-/m0/s1. The number of hydrogen-bond donors (Lipinski definition) is 2. The molecular weight excluding hydrogens is 209 g/mol. The Morgan fingerprint density at radius 1 is 1.50 bits per heavy atom. The summed E-state index contributed by atoms with van der Waals surface area (Å²) in [6.07, 6.45) is 0. The Morgan fingerprint density at radius 2 is 2.12 bits per heavy atom. The third-order valence-corrected chi connectivity index (χ3v) is 2.78. The highest BCUT2D eigenvalue weighted by atomic mass is 19.1. The molecule has 3 N–H and O–H groups in total. The van der Waals surface area contributed by atoms with Crippen molar-refractivity contribution < 1.29 is 14.2 Å². The molecule has 0 unspecified atom stereocenters. The van der Waals surface area contributed by atoms with Crippen molar-refractivity contribution in [1.29, 1.82) is 0 Å². The normalized spacial score (nSPS) is 13.6. The number of aliphatic hydroxyl groups is 1. The molecule has 0 aromatic heterocycles.